The van der Waals surface area contributed by atoms with Gasteiger partial charge in [0.05, 0.1) is 0 Å². The van der Waals surface area contributed by atoms with Crippen LogP contribution < -0.4 is 5.32 Å². The van der Waals surface area contributed by atoms with Crippen molar-refractivity contribution in [3.05, 3.63) is 36.3 Å². The first kappa shape index (κ1) is 14.3. The second-order valence-corrected chi connectivity index (χ2v) is 5.01. The normalized spacial score (nSPS) is 13.9. The predicted molar refractivity (Wildman–Crippen MR) is 74.1 cm³/mol. The largest absolute Gasteiger partial charge is 0.466 e. The fourth-order valence-corrected chi connectivity index (χ4v) is 1.95. The van der Waals surface area contributed by atoms with E-state index in [1.165, 1.54) is 11.0 Å². The van der Waals surface area contributed by atoms with Gasteiger partial charge in [-0.3, -0.25) is 4.79 Å². The summed E-state index contributed by atoms with van der Waals surface area (Å²) in [5.41, 5.74) is 0. The van der Waals surface area contributed by atoms with Crippen molar-refractivity contribution in [1.82, 2.24) is 20.1 Å². The quantitative estimate of drug-likeness (QED) is 0.874. The Morgan fingerprint density at radius 1 is 1.45 bits per heavy atom. The third-order valence-electron chi connectivity index (χ3n) is 3.22. The number of carbonyl (C=O) groups excluding carboxylic acids is 1. The molecular formula is C14H20N4O2. The van der Waals surface area contributed by atoms with Gasteiger partial charge < -0.3 is 9.73 Å². The minimum atomic E-state index is -0.356. The maximum Gasteiger partial charge on any atom is 0.244 e. The fourth-order valence-electron chi connectivity index (χ4n) is 1.95. The maximum atomic E-state index is 12.0. The van der Waals surface area contributed by atoms with Gasteiger partial charge in [0.1, 0.15) is 30.2 Å². The highest BCUT2D eigenvalue weighted by atomic mass is 16.3. The summed E-state index contributed by atoms with van der Waals surface area (Å²) in [5, 5.41) is 6.95. The zero-order chi connectivity index (χ0) is 14.5. The van der Waals surface area contributed by atoms with Crippen molar-refractivity contribution in [3.63, 3.8) is 0 Å². The summed E-state index contributed by atoms with van der Waals surface area (Å²) < 4.78 is 7.05. The van der Waals surface area contributed by atoms with Gasteiger partial charge in [-0.25, -0.2) is 9.67 Å². The summed E-state index contributed by atoms with van der Waals surface area (Å²) in [5.74, 6) is 1.81. The highest BCUT2D eigenvalue weighted by Crippen LogP contribution is 2.10. The van der Waals surface area contributed by atoms with Gasteiger partial charge in [0.15, 0.2) is 0 Å². The molecule has 108 valence electrons. The van der Waals surface area contributed by atoms with Gasteiger partial charge in [-0.1, -0.05) is 0 Å². The van der Waals surface area contributed by atoms with E-state index >= 15 is 0 Å². The molecule has 1 amide bonds. The number of hydrogen-bond donors (Lipinski definition) is 1. The molecule has 1 N–H and O–H groups in total. The van der Waals surface area contributed by atoms with E-state index in [1.807, 2.05) is 26.0 Å². The molecule has 0 fully saturated rings. The molecule has 2 aromatic heterocycles. The Balaban J connectivity index is 1.79. The van der Waals surface area contributed by atoms with Crippen molar-refractivity contribution in [2.45, 2.75) is 45.7 Å². The Kier molecular flexibility index (Phi) is 4.55. The number of aryl methyl sites for hydroxylation is 2. The maximum absolute atomic E-state index is 12.0. The van der Waals surface area contributed by atoms with Crippen LogP contribution in [0, 0.1) is 6.92 Å². The molecule has 0 spiro atoms. The van der Waals surface area contributed by atoms with Crippen LogP contribution in [0.15, 0.2) is 29.2 Å². The van der Waals surface area contributed by atoms with E-state index in [9.17, 15) is 4.79 Å². The smallest absolute Gasteiger partial charge is 0.244 e. The van der Waals surface area contributed by atoms with Gasteiger partial charge in [0.2, 0.25) is 5.91 Å². The average Bonchev–Trinajstić information content (AvgIpc) is 3.06. The lowest BCUT2D eigenvalue weighted by molar-refractivity contribution is -0.124. The number of nitrogens with zero attached hydrogens (tertiary/aromatic N) is 3. The van der Waals surface area contributed by atoms with Gasteiger partial charge in [0.25, 0.3) is 0 Å². The van der Waals surface area contributed by atoms with Gasteiger partial charge in [0, 0.05) is 12.5 Å². The number of nitrogens with one attached hydrogen (secondary N) is 1. The minimum Gasteiger partial charge on any atom is -0.466 e. The van der Waals surface area contributed by atoms with Gasteiger partial charge >= 0.3 is 0 Å². The van der Waals surface area contributed by atoms with Gasteiger partial charge in [-0.15, -0.1) is 0 Å². The molecule has 0 saturated carbocycles. The Labute approximate surface area is 118 Å². The molecule has 2 atom stereocenters. The molecule has 2 heterocycles. The zero-order valence-electron chi connectivity index (χ0n) is 12.0. The molecule has 0 radical (unpaired) electrons. The van der Waals surface area contributed by atoms with Crippen LogP contribution >= 0.6 is 0 Å². The summed E-state index contributed by atoms with van der Waals surface area (Å²) in [6.45, 7) is 5.71. The first-order chi connectivity index (χ1) is 9.56. The lowest BCUT2D eigenvalue weighted by Gasteiger charge is -2.17. The standard InChI is InChI=1S/C14H20N4O2/c1-10(4-6-13-7-5-11(2)20-13)17-14(19)12(3)18-9-15-8-16-18/h5,7-10,12H,4,6H2,1-3H3,(H,17,19)/t10-,12-/m1/s1. The third-order valence-corrected chi connectivity index (χ3v) is 3.22. The van der Waals surface area contributed by atoms with E-state index in [0.29, 0.717) is 0 Å². The first-order valence-corrected chi connectivity index (χ1v) is 6.76. The van der Waals surface area contributed by atoms with Crippen LogP contribution in [0.4, 0.5) is 0 Å². The van der Waals surface area contributed by atoms with Gasteiger partial charge in [-0.05, 0) is 39.3 Å². The Morgan fingerprint density at radius 3 is 2.85 bits per heavy atom. The monoisotopic (exact) mass is 276 g/mol. The second-order valence-electron chi connectivity index (χ2n) is 5.01. The van der Waals surface area contributed by atoms with Crippen LogP contribution in [0.5, 0.6) is 0 Å². The fraction of sp³-hybridized carbons (Fsp3) is 0.500. The predicted octanol–water partition coefficient (Wildman–Crippen LogP) is 1.88. The van der Waals surface area contributed by atoms with Crippen LogP contribution in [-0.2, 0) is 11.2 Å². The zero-order valence-corrected chi connectivity index (χ0v) is 12.0. The molecule has 6 nitrogen and oxygen atoms in total. The molecule has 0 saturated heterocycles. The molecular weight excluding hydrogens is 256 g/mol. The Hall–Kier alpha value is -2.11. The average molecular weight is 276 g/mol. The molecule has 0 aliphatic rings. The highest BCUT2D eigenvalue weighted by molar-refractivity contribution is 5.79. The molecule has 0 aliphatic heterocycles. The van der Waals surface area contributed by atoms with E-state index in [4.69, 9.17) is 4.42 Å². The lowest BCUT2D eigenvalue weighted by atomic mass is 10.1. The van der Waals surface area contributed by atoms with Crippen LogP contribution in [0.25, 0.3) is 0 Å². The summed E-state index contributed by atoms with van der Waals surface area (Å²) in [4.78, 5) is 15.9. The number of furan rings is 1. The molecule has 0 aliphatic carbocycles. The van der Waals surface area contributed by atoms with Crippen molar-refractivity contribution in [2.24, 2.45) is 0 Å². The van der Waals surface area contributed by atoms with E-state index < -0.39 is 0 Å². The number of hydrogen-bond acceptors (Lipinski definition) is 4. The molecule has 0 aromatic carbocycles. The van der Waals surface area contributed by atoms with Gasteiger partial charge in [-0.2, -0.15) is 5.10 Å². The summed E-state index contributed by atoms with van der Waals surface area (Å²) in [6.07, 6.45) is 4.61. The van der Waals surface area contributed by atoms with Crippen molar-refractivity contribution in [3.8, 4) is 0 Å². The van der Waals surface area contributed by atoms with E-state index in [2.05, 4.69) is 15.4 Å². The van der Waals surface area contributed by atoms with E-state index in [1.54, 1.807) is 13.3 Å². The van der Waals surface area contributed by atoms with Crippen molar-refractivity contribution < 1.29 is 9.21 Å². The molecule has 6 heteroatoms. The minimum absolute atomic E-state index is 0.0568. The molecule has 0 bridgehead atoms. The summed E-state index contributed by atoms with van der Waals surface area (Å²) in [7, 11) is 0. The molecule has 2 aromatic rings. The number of aromatic nitrogens is 3. The van der Waals surface area contributed by atoms with Crippen molar-refractivity contribution in [2.75, 3.05) is 0 Å². The van der Waals surface area contributed by atoms with E-state index in [0.717, 1.165) is 24.4 Å². The Bertz CT molecular complexity index is 547. The van der Waals surface area contributed by atoms with Crippen molar-refractivity contribution >= 4 is 5.91 Å². The second kappa shape index (κ2) is 6.36. The first-order valence-electron chi connectivity index (χ1n) is 6.76. The molecule has 0 unspecified atom stereocenters. The van der Waals surface area contributed by atoms with E-state index in [-0.39, 0.29) is 18.0 Å². The number of amides is 1. The van der Waals surface area contributed by atoms with Crippen LogP contribution in [0.1, 0.15) is 37.8 Å². The van der Waals surface area contributed by atoms with Crippen LogP contribution in [0.3, 0.4) is 0 Å². The lowest BCUT2D eigenvalue weighted by Crippen LogP contribution is -2.37. The summed E-state index contributed by atoms with van der Waals surface area (Å²) in [6, 6.07) is 3.65. The third kappa shape index (κ3) is 3.69. The summed E-state index contributed by atoms with van der Waals surface area (Å²) >= 11 is 0. The van der Waals surface area contributed by atoms with Crippen LogP contribution in [0.2, 0.25) is 0 Å². The molecule has 20 heavy (non-hydrogen) atoms. The number of carbonyl (C=O) groups is 1. The molecule has 2 rings (SSSR count). The highest BCUT2D eigenvalue weighted by Gasteiger charge is 2.17. The SMILES string of the molecule is Cc1ccc(CC[C@@H](C)NC(=O)[C@@H](C)n2cncn2)o1. The Morgan fingerprint density at radius 2 is 2.25 bits per heavy atom. The number of rotatable bonds is 6. The van der Waals surface area contributed by atoms with Crippen molar-refractivity contribution in [1.29, 1.82) is 0 Å². The van der Waals surface area contributed by atoms with Crippen LogP contribution in [-0.4, -0.2) is 26.7 Å². The topological polar surface area (TPSA) is 73.0 Å².